The van der Waals surface area contributed by atoms with Crippen molar-refractivity contribution in [1.82, 2.24) is 14.7 Å². The lowest BCUT2D eigenvalue weighted by Crippen LogP contribution is -1.94. The molecule has 5 nitrogen and oxygen atoms in total. The predicted octanol–water partition coefficient (Wildman–Crippen LogP) is 1.33. The minimum absolute atomic E-state index is 0.380. The molecule has 0 spiro atoms. The van der Waals surface area contributed by atoms with E-state index in [2.05, 4.69) is 14.7 Å². The Hall–Kier alpha value is -1.62. The highest BCUT2D eigenvalue weighted by atomic mass is 16.5. The second kappa shape index (κ2) is 3.20. The van der Waals surface area contributed by atoms with Crippen LogP contribution in [-0.2, 0) is 6.54 Å². The highest BCUT2D eigenvalue weighted by molar-refractivity contribution is 5.53. The Morgan fingerprint density at radius 3 is 3.07 bits per heavy atom. The number of nitrogens with zero attached hydrogens (tertiary/aromatic N) is 3. The van der Waals surface area contributed by atoms with Crippen molar-refractivity contribution >= 4 is 0 Å². The zero-order valence-corrected chi connectivity index (χ0v) is 8.26. The Morgan fingerprint density at radius 2 is 2.40 bits per heavy atom. The Morgan fingerprint density at radius 1 is 1.53 bits per heavy atom. The van der Waals surface area contributed by atoms with Crippen molar-refractivity contribution in [3.05, 3.63) is 24.4 Å². The first-order valence-electron chi connectivity index (χ1n) is 5.06. The van der Waals surface area contributed by atoms with Gasteiger partial charge >= 0.3 is 0 Å². The lowest BCUT2D eigenvalue weighted by atomic mass is 10.3. The molecule has 15 heavy (non-hydrogen) atoms. The van der Waals surface area contributed by atoms with Crippen molar-refractivity contribution in [3.8, 4) is 11.4 Å². The molecule has 2 N–H and O–H groups in total. The average molecular weight is 204 g/mol. The van der Waals surface area contributed by atoms with E-state index in [9.17, 15) is 0 Å². The average Bonchev–Trinajstić information content (AvgIpc) is 2.83. The summed E-state index contributed by atoms with van der Waals surface area (Å²) < 4.78 is 7.23. The zero-order chi connectivity index (χ0) is 10.3. The molecule has 0 aromatic carbocycles. The molecule has 0 aliphatic heterocycles. The highest BCUT2D eigenvalue weighted by Crippen LogP contribution is 2.37. The van der Waals surface area contributed by atoms with Gasteiger partial charge < -0.3 is 14.8 Å². The van der Waals surface area contributed by atoms with E-state index in [0.717, 1.165) is 11.4 Å². The van der Waals surface area contributed by atoms with Gasteiger partial charge in [0.05, 0.1) is 24.8 Å². The van der Waals surface area contributed by atoms with Crippen LogP contribution in [0, 0.1) is 0 Å². The van der Waals surface area contributed by atoms with Gasteiger partial charge in [0, 0.05) is 12.1 Å². The Bertz CT molecular complexity index is 469. The van der Waals surface area contributed by atoms with Crippen molar-refractivity contribution < 1.29 is 4.52 Å². The van der Waals surface area contributed by atoms with Crippen molar-refractivity contribution in [1.29, 1.82) is 0 Å². The summed E-state index contributed by atoms with van der Waals surface area (Å²) in [7, 11) is 0. The SMILES string of the molecule is NCc1cc(-c2cncn2C2CC2)no1. The molecule has 2 heterocycles. The zero-order valence-electron chi connectivity index (χ0n) is 8.26. The third-order valence-corrected chi connectivity index (χ3v) is 2.63. The van der Waals surface area contributed by atoms with Crippen LogP contribution in [0.1, 0.15) is 24.6 Å². The summed E-state index contributed by atoms with van der Waals surface area (Å²) in [5, 5.41) is 3.98. The number of aromatic nitrogens is 3. The predicted molar refractivity (Wildman–Crippen MR) is 53.9 cm³/mol. The van der Waals surface area contributed by atoms with Crippen LogP contribution in [-0.4, -0.2) is 14.7 Å². The largest absolute Gasteiger partial charge is 0.359 e. The number of rotatable bonds is 3. The second-order valence-electron chi connectivity index (χ2n) is 3.80. The molecule has 0 atom stereocenters. The van der Waals surface area contributed by atoms with Gasteiger partial charge in [-0.05, 0) is 12.8 Å². The molecular weight excluding hydrogens is 192 g/mol. The standard InChI is InChI=1S/C10H12N4O/c11-4-8-3-9(13-15-8)10-5-12-6-14(10)7-1-2-7/h3,5-7H,1-2,4,11H2. The Labute approximate surface area is 86.9 Å². The molecule has 2 aromatic heterocycles. The maximum absolute atomic E-state index is 5.47. The van der Waals surface area contributed by atoms with Gasteiger partial charge in [0.2, 0.25) is 0 Å². The molecule has 0 radical (unpaired) electrons. The first kappa shape index (κ1) is 8.67. The molecule has 2 aromatic rings. The van der Waals surface area contributed by atoms with Crippen LogP contribution in [0.4, 0.5) is 0 Å². The Balaban J connectivity index is 2.00. The first-order chi connectivity index (χ1) is 7.38. The minimum Gasteiger partial charge on any atom is -0.359 e. The van der Waals surface area contributed by atoms with Gasteiger partial charge in [0.25, 0.3) is 0 Å². The van der Waals surface area contributed by atoms with Crippen molar-refractivity contribution in [2.45, 2.75) is 25.4 Å². The van der Waals surface area contributed by atoms with Crippen LogP contribution in [0.25, 0.3) is 11.4 Å². The van der Waals surface area contributed by atoms with Gasteiger partial charge in [0.15, 0.2) is 5.76 Å². The summed E-state index contributed by atoms with van der Waals surface area (Å²) in [5.41, 5.74) is 7.30. The van der Waals surface area contributed by atoms with Gasteiger partial charge in [-0.2, -0.15) is 0 Å². The van der Waals surface area contributed by atoms with E-state index in [0.29, 0.717) is 18.3 Å². The maximum Gasteiger partial charge on any atom is 0.150 e. The first-order valence-corrected chi connectivity index (χ1v) is 5.06. The molecule has 5 heteroatoms. The lowest BCUT2D eigenvalue weighted by Gasteiger charge is -2.01. The monoisotopic (exact) mass is 204 g/mol. The third kappa shape index (κ3) is 1.45. The van der Waals surface area contributed by atoms with Crippen LogP contribution in [0.3, 0.4) is 0 Å². The summed E-state index contributed by atoms with van der Waals surface area (Å²) in [5.74, 6) is 0.702. The van der Waals surface area contributed by atoms with Crippen molar-refractivity contribution in [2.24, 2.45) is 5.73 Å². The molecule has 0 saturated heterocycles. The fraction of sp³-hybridized carbons (Fsp3) is 0.400. The topological polar surface area (TPSA) is 69.9 Å². The van der Waals surface area contributed by atoms with E-state index < -0.39 is 0 Å². The number of hydrogen-bond acceptors (Lipinski definition) is 4. The third-order valence-electron chi connectivity index (χ3n) is 2.63. The van der Waals surface area contributed by atoms with Gasteiger partial charge in [0.1, 0.15) is 5.69 Å². The van der Waals surface area contributed by atoms with Crippen molar-refractivity contribution in [2.75, 3.05) is 0 Å². The van der Waals surface area contributed by atoms with E-state index in [1.165, 1.54) is 12.8 Å². The molecule has 1 fully saturated rings. The van der Waals surface area contributed by atoms with Gasteiger partial charge in [-0.3, -0.25) is 0 Å². The summed E-state index contributed by atoms with van der Waals surface area (Å²) in [4.78, 5) is 4.14. The number of imidazole rings is 1. The summed E-state index contributed by atoms with van der Waals surface area (Å²) in [6.45, 7) is 0.380. The van der Waals surface area contributed by atoms with Gasteiger partial charge in [-0.1, -0.05) is 5.16 Å². The Kier molecular flexibility index (Phi) is 1.85. The molecular formula is C10H12N4O. The fourth-order valence-corrected chi connectivity index (χ4v) is 1.68. The molecule has 3 rings (SSSR count). The molecule has 1 aliphatic rings. The normalized spacial score (nSPS) is 15.8. The van der Waals surface area contributed by atoms with Crippen LogP contribution in [0.15, 0.2) is 23.1 Å². The molecule has 0 bridgehead atoms. The highest BCUT2D eigenvalue weighted by Gasteiger charge is 2.26. The van der Waals surface area contributed by atoms with Crippen molar-refractivity contribution in [3.63, 3.8) is 0 Å². The molecule has 0 unspecified atom stereocenters. The smallest absolute Gasteiger partial charge is 0.150 e. The molecule has 0 amide bonds. The van der Waals surface area contributed by atoms with Crippen LogP contribution < -0.4 is 5.73 Å². The van der Waals surface area contributed by atoms with Gasteiger partial charge in [-0.25, -0.2) is 4.98 Å². The number of nitrogens with two attached hydrogens (primary N) is 1. The van der Waals surface area contributed by atoms with E-state index in [1.807, 2.05) is 18.6 Å². The quantitative estimate of drug-likeness (QED) is 0.818. The molecule has 1 aliphatic carbocycles. The van der Waals surface area contributed by atoms with Crippen LogP contribution in [0.5, 0.6) is 0 Å². The van der Waals surface area contributed by atoms with E-state index in [-0.39, 0.29) is 0 Å². The fourth-order valence-electron chi connectivity index (χ4n) is 1.68. The van der Waals surface area contributed by atoms with Crippen LogP contribution in [0.2, 0.25) is 0 Å². The summed E-state index contributed by atoms with van der Waals surface area (Å²) >= 11 is 0. The van der Waals surface area contributed by atoms with Crippen LogP contribution >= 0.6 is 0 Å². The van der Waals surface area contributed by atoms with Gasteiger partial charge in [-0.15, -0.1) is 0 Å². The maximum atomic E-state index is 5.47. The lowest BCUT2D eigenvalue weighted by molar-refractivity contribution is 0.386. The van der Waals surface area contributed by atoms with E-state index in [4.69, 9.17) is 10.3 Å². The summed E-state index contributed by atoms with van der Waals surface area (Å²) in [6.07, 6.45) is 6.12. The summed E-state index contributed by atoms with van der Waals surface area (Å²) in [6, 6.07) is 2.47. The van der Waals surface area contributed by atoms with E-state index in [1.54, 1.807) is 0 Å². The van der Waals surface area contributed by atoms with E-state index >= 15 is 0 Å². The minimum atomic E-state index is 0.380. The number of hydrogen-bond donors (Lipinski definition) is 1. The second-order valence-corrected chi connectivity index (χ2v) is 3.80. The molecule has 78 valence electrons. The molecule has 1 saturated carbocycles.